The Morgan fingerprint density at radius 2 is 1.72 bits per heavy atom. The van der Waals surface area contributed by atoms with Crippen molar-refractivity contribution in [1.29, 1.82) is 0 Å². The summed E-state index contributed by atoms with van der Waals surface area (Å²) < 4.78 is 1.44. The van der Waals surface area contributed by atoms with E-state index in [1.165, 1.54) is 16.2 Å². The number of piperidine rings is 1. The highest BCUT2D eigenvalue weighted by Crippen LogP contribution is 2.43. The molecule has 1 aromatic carbocycles. The minimum absolute atomic E-state index is 0.0397. The zero-order valence-corrected chi connectivity index (χ0v) is 19.1. The van der Waals surface area contributed by atoms with Crippen LogP contribution < -0.4 is 5.56 Å². The van der Waals surface area contributed by atoms with Crippen molar-refractivity contribution in [2.45, 2.75) is 45.6 Å². The first-order valence-corrected chi connectivity index (χ1v) is 11.7. The van der Waals surface area contributed by atoms with E-state index in [4.69, 9.17) is 0 Å². The molecule has 0 unspecified atom stereocenters. The van der Waals surface area contributed by atoms with Gasteiger partial charge in [-0.25, -0.2) is 0 Å². The number of benzene rings is 1. The molecule has 2 amide bonds. The van der Waals surface area contributed by atoms with Crippen LogP contribution in [0.25, 0.3) is 0 Å². The third kappa shape index (κ3) is 4.50. The molecular weight excluding hydrogens is 402 g/mol. The van der Waals surface area contributed by atoms with Crippen LogP contribution in [0.2, 0.25) is 0 Å². The number of carbonyl (C=O) groups excluding carboxylic acids is 2. The van der Waals surface area contributed by atoms with Gasteiger partial charge in [-0.1, -0.05) is 43.7 Å². The molecule has 6 nitrogen and oxygen atoms in total. The minimum atomic E-state index is -0.378. The van der Waals surface area contributed by atoms with Gasteiger partial charge < -0.3 is 14.4 Å². The smallest absolute Gasteiger partial charge is 0.255 e. The maximum atomic E-state index is 13.7. The fraction of sp³-hybridized carbons (Fsp3) is 0.500. The lowest BCUT2D eigenvalue weighted by Crippen LogP contribution is -2.49. The number of likely N-dealkylation sites (tertiary alicyclic amines) is 2. The van der Waals surface area contributed by atoms with Gasteiger partial charge in [0, 0.05) is 50.9 Å². The topological polar surface area (TPSA) is 62.6 Å². The minimum Gasteiger partial charge on any atom is -0.339 e. The Morgan fingerprint density at radius 1 is 1.00 bits per heavy atom. The molecule has 4 rings (SSSR count). The van der Waals surface area contributed by atoms with Gasteiger partial charge in [0.05, 0.1) is 5.56 Å². The molecule has 0 saturated carbocycles. The Bertz CT molecular complexity index is 1020. The molecule has 0 radical (unpaired) electrons. The molecule has 1 atom stereocenters. The summed E-state index contributed by atoms with van der Waals surface area (Å²) in [6.07, 6.45) is 6.28. The van der Waals surface area contributed by atoms with Crippen molar-refractivity contribution in [1.82, 2.24) is 14.4 Å². The van der Waals surface area contributed by atoms with Crippen molar-refractivity contribution < 1.29 is 9.59 Å². The van der Waals surface area contributed by atoms with Crippen LogP contribution in [0.5, 0.6) is 0 Å². The molecule has 0 N–H and O–H groups in total. The summed E-state index contributed by atoms with van der Waals surface area (Å²) in [7, 11) is 1.66. The fourth-order valence-electron chi connectivity index (χ4n) is 5.32. The molecule has 2 aliphatic rings. The molecule has 0 bridgehead atoms. The molecule has 1 aromatic heterocycles. The fourth-order valence-corrected chi connectivity index (χ4v) is 5.32. The molecule has 32 heavy (non-hydrogen) atoms. The third-order valence-electron chi connectivity index (χ3n) is 7.38. The SMILES string of the molecule is Cn1cc(C(=O)N2CCC([C@@]3(C)CCCCN(Cc4ccccc4)C3=O)CC2)ccc1=O. The first kappa shape index (κ1) is 22.3. The molecule has 2 saturated heterocycles. The average molecular weight is 436 g/mol. The van der Waals surface area contributed by atoms with E-state index < -0.39 is 0 Å². The molecule has 0 spiro atoms. The number of pyridine rings is 1. The number of carbonyl (C=O) groups is 2. The predicted molar refractivity (Wildman–Crippen MR) is 124 cm³/mol. The second-order valence-corrected chi connectivity index (χ2v) is 9.52. The van der Waals surface area contributed by atoms with Crippen LogP contribution in [0.15, 0.2) is 53.5 Å². The van der Waals surface area contributed by atoms with Crippen molar-refractivity contribution in [2.75, 3.05) is 19.6 Å². The Morgan fingerprint density at radius 3 is 2.41 bits per heavy atom. The van der Waals surface area contributed by atoms with E-state index in [9.17, 15) is 14.4 Å². The Kier molecular flexibility index (Phi) is 6.49. The molecule has 2 fully saturated rings. The maximum absolute atomic E-state index is 13.7. The summed E-state index contributed by atoms with van der Waals surface area (Å²) in [5, 5.41) is 0. The first-order chi connectivity index (χ1) is 15.4. The second-order valence-electron chi connectivity index (χ2n) is 9.52. The van der Waals surface area contributed by atoms with Crippen LogP contribution in [0.4, 0.5) is 0 Å². The van der Waals surface area contributed by atoms with Crippen molar-refractivity contribution in [3.63, 3.8) is 0 Å². The Labute approximate surface area is 189 Å². The van der Waals surface area contributed by atoms with Gasteiger partial charge in [-0.05, 0) is 43.2 Å². The summed E-state index contributed by atoms with van der Waals surface area (Å²) in [4.78, 5) is 42.2. The van der Waals surface area contributed by atoms with Gasteiger partial charge in [0.1, 0.15) is 0 Å². The summed E-state index contributed by atoms with van der Waals surface area (Å²) in [5.41, 5.74) is 1.20. The van der Waals surface area contributed by atoms with E-state index in [1.54, 1.807) is 19.3 Å². The van der Waals surface area contributed by atoms with E-state index in [1.807, 2.05) is 28.0 Å². The molecule has 6 heteroatoms. The zero-order chi connectivity index (χ0) is 22.7. The van der Waals surface area contributed by atoms with Gasteiger partial charge in [0.2, 0.25) is 11.5 Å². The van der Waals surface area contributed by atoms with Gasteiger partial charge in [0.25, 0.3) is 5.91 Å². The number of amides is 2. The first-order valence-electron chi connectivity index (χ1n) is 11.7. The molecule has 3 heterocycles. The average Bonchev–Trinajstić information content (AvgIpc) is 2.95. The third-order valence-corrected chi connectivity index (χ3v) is 7.38. The summed E-state index contributed by atoms with van der Waals surface area (Å²) in [6, 6.07) is 13.3. The number of hydrogen-bond donors (Lipinski definition) is 0. The van der Waals surface area contributed by atoms with Crippen LogP contribution in [0.1, 0.15) is 54.9 Å². The molecule has 170 valence electrons. The predicted octanol–water partition coefficient (Wildman–Crippen LogP) is 3.46. The largest absolute Gasteiger partial charge is 0.339 e. The van der Waals surface area contributed by atoms with Crippen molar-refractivity contribution in [2.24, 2.45) is 18.4 Å². The second kappa shape index (κ2) is 9.31. The van der Waals surface area contributed by atoms with Crippen LogP contribution >= 0.6 is 0 Å². The van der Waals surface area contributed by atoms with Crippen LogP contribution in [0, 0.1) is 11.3 Å². The summed E-state index contributed by atoms with van der Waals surface area (Å²) in [5.74, 6) is 0.499. The Balaban J connectivity index is 1.44. The highest BCUT2D eigenvalue weighted by atomic mass is 16.2. The molecule has 2 aliphatic heterocycles. The number of rotatable bonds is 4. The van der Waals surface area contributed by atoms with Crippen molar-refractivity contribution >= 4 is 11.8 Å². The number of nitrogens with zero attached hydrogens (tertiary/aromatic N) is 3. The summed E-state index contributed by atoms with van der Waals surface area (Å²) in [6.45, 7) is 4.92. The van der Waals surface area contributed by atoms with Crippen molar-refractivity contribution in [3.8, 4) is 0 Å². The zero-order valence-electron chi connectivity index (χ0n) is 19.1. The van der Waals surface area contributed by atoms with Gasteiger partial charge in [-0.15, -0.1) is 0 Å². The van der Waals surface area contributed by atoms with E-state index in [2.05, 4.69) is 19.1 Å². The van der Waals surface area contributed by atoms with Crippen LogP contribution in [0.3, 0.4) is 0 Å². The summed E-state index contributed by atoms with van der Waals surface area (Å²) >= 11 is 0. The highest BCUT2D eigenvalue weighted by Gasteiger charge is 2.45. The lowest BCUT2D eigenvalue weighted by molar-refractivity contribution is -0.145. The van der Waals surface area contributed by atoms with E-state index >= 15 is 0 Å². The molecular formula is C26H33N3O3. The Hall–Kier alpha value is -2.89. The number of aryl methyl sites for hydroxylation is 1. The van der Waals surface area contributed by atoms with Crippen LogP contribution in [-0.2, 0) is 18.4 Å². The number of hydrogen-bond acceptors (Lipinski definition) is 3. The van der Waals surface area contributed by atoms with E-state index in [-0.39, 0.29) is 28.7 Å². The van der Waals surface area contributed by atoms with Gasteiger partial charge in [0.15, 0.2) is 0 Å². The normalized spacial score (nSPS) is 22.6. The highest BCUT2D eigenvalue weighted by molar-refractivity contribution is 5.94. The van der Waals surface area contributed by atoms with Crippen molar-refractivity contribution in [3.05, 3.63) is 70.1 Å². The van der Waals surface area contributed by atoms with Gasteiger partial charge in [-0.3, -0.25) is 14.4 Å². The lowest BCUT2D eigenvalue weighted by atomic mass is 9.69. The lowest BCUT2D eigenvalue weighted by Gasteiger charge is -2.43. The molecule has 2 aromatic rings. The standard InChI is InChI=1S/C26H33N3O3/c1-26(14-6-7-15-29(25(26)32)18-20-8-4-3-5-9-20)22-12-16-28(17-13-22)24(31)21-10-11-23(30)27(2)19-21/h3-5,8-11,19,22H,6-7,12-18H2,1-2H3/t26-/m1/s1. The van der Waals surface area contributed by atoms with Crippen LogP contribution in [-0.4, -0.2) is 45.8 Å². The van der Waals surface area contributed by atoms with E-state index in [0.717, 1.165) is 38.6 Å². The molecule has 0 aliphatic carbocycles. The van der Waals surface area contributed by atoms with E-state index in [0.29, 0.717) is 25.2 Å². The van der Waals surface area contributed by atoms with Gasteiger partial charge >= 0.3 is 0 Å². The van der Waals surface area contributed by atoms with Gasteiger partial charge in [-0.2, -0.15) is 0 Å². The maximum Gasteiger partial charge on any atom is 0.255 e. The monoisotopic (exact) mass is 435 g/mol. The quantitative estimate of drug-likeness (QED) is 0.739. The number of aromatic nitrogens is 1.